The van der Waals surface area contributed by atoms with Crippen LogP contribution in [0.3, 0.4) is 0 Å². The molecule has 0 saturated carbocycles. The first kappa shape index (κ1) is 17.4. The smallest absolute Gasteiger partial charge is 0.175 e. The molecule has 0 N–H and O–H groups in total. The van der Waals surface area contributed by atoms with Gasteiger partial charge in [0.15, 0.2) is 11.5 Å². The molecule has 0 radical (unpaired) electrons. The second kappa shape index (κ2) is 8.13. The van der Waals surface area contributed by atoms with Crippen LogP contribution in [0.1, 0.15) is 11.1 Å². The van der Waals surface area contributed by atoms with Crippen LogP contribution >= 0.6 is 27.5 Å². The maximum atomic E-state index is 6.17. The summed E-state index contributed by atoms with van der Waals surface area (Å²) in [6.45, 7) is 0.336. The van der Waals surface area contributed by atoms with Gasteiger partial charge in [-0.15, -0.1) is 10.2 Å². The summed E-state index contributed by atoms with van der Waals surface area (Å²) in [5.41, 5.74) is 1.74. The normalized spacial score (nSPS) is 11.0. The van der Waals surface area contributed by atoms with E-state index in [-0.39, 0.29) is 0 Å². The van der Waals surface area contributed by atoms with Gasteiger partial charge >= 0.3 is 0 Å². The zero-order chi connectivity index (χ0) is 17.6. The van der Waals surface area contributed by atoms with Crippen molar-refractivity contribution < 1.29 is 9.47 Å². The maximum Gasteiger partial charge on any atom is 0.175 e. The third-order valence-electron chi connectivity index (χ3n) is 3.33. The summed E-state index contributed by atoms with van der Waals surface area (Å²) in [6.07, 6.45) is 4.68. The van der Waals surface area contributed by atoms with Gasteiger partial charge in [-0.05, 0) is 39.7 Å². The van der Waals surface area contributed by atoms with E-state index in [0.29, 0.717) is 23.1 Å². The summed E-state index contributed by atoms with van der Waals surface area (Å²) in [7, 11) is 1.59. The van der Waals surface area contributed by atoms with Crippen LogP contribution in [-0.2, 0) is 6.61 Å². The molecule has 0 fully saturated rings. The number of nitrogens with zero attached hydrogens (tertiary/aromatic N) is 4. The van der Waals surface area contributed by atoms with Gasteiger partial charge in [0.25, 0.3) is 0 Å². The Kier molecular flexibility index (Phi) is 5.67. The molecule has 1 heterocycles. The van der Waals surface area contributed by atoms with E-state index in [9.17, 15) is 0 Å². The van der Waals surface area contributed by atoms with Crippen molar-refractivity contribution in [2.24, 2.45) is 5.10 Å². The fourth-order valence-electron chi connectivity index (χ4n) is 2.11. The SMILES string of the molecule is COc1cc(/C=N/n2cnnc2)cc(Br)c1OCc1ccccc1Cl. The monoisotopic (exact) mass is 420 g/mol. The Bertz CT molecular complexity index is 884. The van der Waals surface area contributed by atoms with Gasteiger partial charge in [0.1, 0.15) is 19.3 Å². The van der Waals surface area contributed by atoms with Gasteiger partial charge in [0.05, 0.1) is 17.8 Å². The Labute approximate surface area is 158 Å². The van der Waals surface area contributed by atoms with Crippen LogP contribution in [0.25, 0.3) is 0 Å². The van der Waals surface area contributed by atoms with Gasteiger partial charge in [-0.3, -0.25) is 0 Å². The summed E-state index contributed by atoms with van der Waals surface area (Å²) in [5, 5.41) is 12.3. The second-order valence-corrected chi connectivity index (χ2v) is 6.26. The average Bonchev–Trinajstić information content (AvgIpc) is 3.13. The van der Waals surface area contributed by atoms with E-state index in [1.54, 1.807) is 13.3 Å². The van der Waals surface area contributed by atoms with Crippen molar-refractivity contribution >= 4 is 33.7 Å². The molecule has 25 heavy (non-hydrogen) atoms. The molecule has 128 valence electrons. The number of benzene rings is 2. The minimum atomic E-state index is 0.336. The summed E-state index contributed by atoms with van der Waals surface area (Å²) >= 11 is 9.68. The number of methoxy groups -OCH3 is 1. The minimum absolute atomic E-state index is 0.336. The molecule has 0 aliphatic carbocycles. The number of aromatic nitrogens is 3. The summed E-state index contributed by atoms with van der Waals surface area (Å²) < 4.78 is 13.6. The lowest BCUT2D eigenvalue weighted by Crippen LogP contribution is -2.00. The zero-order valence-electron chi connectivity index (χ0n) is 13.3. The lowest BCUT2D eigenvalue weighted by molar-refractivity contribution is 0.282. The average molecular weight is 422 g/mol. The highest BCUT2D eigenvalue weighted by Gasteiger charge is 2.12. The number of halogens is 2. The van der Waals surface area contributed by atoms with Gasteiger partial charge in [0.2, 0.25) is 0 Å². The van der Waals surface area contributed by atoms with E-state index >= 15 is 0 Å². The minimum Gasteiger partial charge on any atom is -0.493 e. The second-order valence-electron chi connectivity index (χ2n) is 5.00. The first-order valence-corrected chi connectivity index (χ1v) is 8.47. The van der Waals surface area contributed by atoms with Crippen molar-refractivity contribution in [2.45, 2.75) is 6.61 Å². The van der Waals surface area contributed by atoms with Crippen molar-refractivity contribution in [3.63, 3.8) is 0 Å². The molecule has 3 rings (SSSR count). The summed E-state index contributed by atoms with van der Waals surface area (Å²) in [6, 6.07) is 11.3. The molecule has 2 aromatic carbocycles. The Morgan fingerprint density at radius 1 is 1.24 bits per heavy atom. The third kappa shape index (κ3) is 4.37. The van der Waals surface area contributed by atoms with Gasteiger partial charge in [0, 0.05) is 10.6 Å². The van der Waals surface area contributed by atoms with Crippen molar-refractivity contribution in [3.05, 3.63) is 69.7 Å². The highest BCUT2D eigenvalue weighted by Crippen LogP contribution is 2.37. The van der Waals surface area contributed by atoms with E-state index in [1.165, 1.54) is 17.3 Å². The molecule has 1 aromatic heterocycles. The summed E-state index contributed by atoms with van der Waals surface area (Å²) in [5.74, 6) is 1.19. The molecule has 0 spiro atoms. The molecule has 8 heteroatoms. The molecule has 3 aromatic rings. The topological polar surface area (TPSA) is 61.5 Å². The van der Waals surface area contributed by atoms with E-state index in [1.807, 2.05) is 36.4 Å². The lowest BCUT2D eigenvalue weighted by atomic mass is 10.2. The fourth-order valence-corrected chi connectivity index (χ4v) is 2.87. The Morgan fingerprint density at radius 3 is 2.72 bits per heavy atom. The van der Waals surface area contributed by atoms with E-state index in [2.05, 4.69) is 31.2 Å². The zero-order valence-corrected chi connectivity index (χ0v) is 15.6. The van der Waals surface area contributed by atoms with Crippen LogP contribution in [0.15, 0.2) is 58.6 Å². The molecule has 0 bridgehead atoms. The highest BCUT2D eigenvalue weighted by molar-refractivity contribution is 9.10. The largest absolute Gasteiger partial charge is 0.493 e. The first-order chi connectivity index (χ1) is 12.2. The molecule has 0 aliphatic rings. The van der Waals surface area contributed by atoms with Crippen LogP contribution in [0, 0.1) is 0 Å². The number of ether oxygens (including phenoxy) is 2. The number of rotatable bonds is 6. The highest BCUT2D eigenvalue weighted by atomic mass is 79.9. The number of hydrogen-bond acceptors (Lipinski definition) is 5. The van der Waals surface area contributed by atoms with Crippen LogP contribution < -0.4 is 9.47 Å². The Balaban J connectivity index is 1.81. The van der Waals surface area contributed by atoms with E-state index in [4.69, 9.17) is 21.1 Å². The van der Waals surface area contributed by atoms with Crippen LogP contribution in [0.5, 0.6) is 11.5 Å². The first-order valence-electron chi connectivity index (χ1n) is 7.30. The fraction of sp³-hybridized carbons (Fsp3) is 0.118. The maximum absolute atomic E-state index is 6.17. The van der Waals surface area contributed by atoms with E-state index in [0.717, 1.165) is 15.6 Å². The standard InChI is InChI=1S/C17H14BrClN4O2/c1-24-16-7-12(8-22-23-10-20-21-11-23)6-14(18)17(16)25-9-13-4-2-3-5-15(13)19/h2-8,10-11H,9H2,1H3/b22-8+. The molecule has 0 unspecified atom stereocenters. The molecule has 0 saturated heterocycles. The Hall–Kier alpha value is -2.38. The van der Waals surface area contributed by atoms with Crippen LogP contribution in [-0.4, -0.2) is 28.2 Å². The molecule has 0 aliphatic heterocycles. The van der Waals surface area contributed by atoms with Gasteiger partial charge in [-0.1, -0.05) is 29.8 Å². The van der Waals surface area contributed by atoms with Crippen LogP contribution in [0.2, 0.25) is 5.02 Å². The van der Waals surface area contributed by atoms with Gasteiger partial charge in [-0.25, -0.2) is 4.68 Å². The predicted molar refractivity (Wildman–Crippen MR) is 99.5 cm³/mol. The van der Waals surface area contributed by atoms with Gasteiger partial charge < -0.3 is 9.47 Å². The van der Waals surface area contributed by atoms with Crippen molar-refractivity contribution in [1.29, 1.82) is 0 Å². The van der Waals surface area contributed by atoms with Crippen LogP contribution in [0.4, 0.5) is 0 Å². The van der Waals surface area contributed by atoms with Crippen molar-refractivity contribution in [3.8, 4) is 11.5 Å². The predicted octanol–water partition coefficient (Wildman–Crippen LogP) is 4.16. The van der Waals surface area contributed by atoms with E-state index < -0.39 is 0 Å². The quantitative estimate of drug-likeness (QED) is 0.561. The molecular formula is C17H14BrClN4O2. The number of hydrogen-bond donors (Lipinski definition) is 0. The van der Waals surface area contributed by atoms with Crippen molar-refractivity contribution in [2.75, 3.05) is 7.11 Å². The lowest BCUT2D eigenvalue weighted by Gasteiger charge is -2.14. The van der Waals surface area contributed by atoms with Gasteiger partial charge in [-0.2, -0.15) is 5.10 Å². The molecule has 6 nitrogen and oxygen atoms in total. The molecular weight excluding hydrogens is 408 g/mol. The van der Waals surface area contributed by atoms with Crippen molar-refractivity contribution in [1.82, 2.24) is 14.9 Å². The molecule has 0 amide bonds. The third-order valence-corrected chi connectivity index (χ3v) is 4.29. The Morgan fingerprint density at radius 2 is 2.00 bits per heavy atom. The molecule has 0 atom stereocenters. The summed E-state index contributed by atoms with van der Waals surface area (Å²) in [4.78, 5) is 0.